The first kappa shape index (κ1) is 18.2. The second kappa shape index (κ2) is 8.69. The molecule has 2 aromatic rings. The average molecular weight is 355 g/mol. The van der Waals surface area contributed by atoms with Gasteiger partial charge in [-0.05, 0) is 18.2 Å². The van der Waals surface area contributed by atoms with E-state index in [-0.39, 0.29) is 11.9 Å². The van der Waals surface area contributed by atoms with Crippen molar-refractivity contribution in [1.82, 2.24) is 10.2 Å². The van der Waals surface area contributed by atoms with Crippen LogP contribution in [0.3, 0.4) is 0 Å². The largest absolute Gasteiger partial charge is 0.497 e. The molecule has 6 heteroatoms. The van der Waals surface area contributed by atoms with Crippen LogP contribution >= 0.6 is 0 Å². The number of ether oxygens (including phenoxy) is 2. The van der Waals surface area contributed by atoms with Gasteiger partial charge in [0.15, 0.2) is 0 Å². The molecular formula is C20H25N3O3. The zero-order valence-electron chi connectivity index (χ0n) is 15.2. The fraction of sp³-hybridized carbons (Fsp3) is 0.350. The van der Waals surface area contributed by atoms with Crippen LogP contribution in [0.2, 0.25) is 0 Å². The van der Waals surface area contributed by atoms with E-state index in [4.69, 9.17) is 9.47 Å². The highest BCUT2D eigenvalue weighted by atomic mass is 16.5. The van der Waals surface area contributed by atoms with E-state index in [1.165, 1.54) is 0 Å². The van der Waals surface area contributed by atoms with Crippen molar-refractivity contribution in [1.29, 1.82) is 0 Å². The molecule has 0 bridgehead atoms. The minimum Gasteiger partial charge on any atom is -0.497 e. The van der Waals surface area contributed by atoms with Crippen LogP contribution in [-0.2, 0) is 4.79 Å². The fourth-order valence-electron chi connectivity index (χ4n) is 3.27. The molecule has 1 unspecified atom stereocenters. The standard InChI is InChI=1S/C20H25N3O3/c1-25-16-7-5-6-15(12-16)22-20(24)14-23-11-10-21-13-18(23)17-8-3-4-9-19(17)26-2/h3-9,12,18,21H,10-11,13-14H2,1-2H3,(H,22,24). The van der Waals surface area contributed by atoms with Gasteiger partial charge in [-0.1, -0.05) is 24.3 Å². The van der Waals surface area contributed by atoms with Crippen LogP contribution in [0.5, 0.6) is 11.5 Å². The fourth-order valence-corrected chi connectivity index (χ4v) is 3.27. The normalized spacial score (nSPS) is 17.5. The van der Waals surface area contributed by atoms with Crippen molar-refractivity contribution in [3.8, 4) is 11.5 Å². The van der Waals surface area contributed by atoms with Crippen molar-refractivity contribution in [3.05, 3.63) is 54.1 Å². The number of nitrogens with one attached hydrogen (secondary N) is 2. The van der Waals surface area contributed by atoms with Gasteiger partial charge in [0.2, 0.25) is 5.91 Å². The van der Waals surface area contributed by atoms with Crippen LogP contribution < -0.4 is 20.1 Å². The number of anilines is 1. The molecule has 1 aliphatic heterocycles. The Bertz CT molecular complexity index is 751. The molecule has 0 spiro atoms. The Balaban J connectivity index is 1.70. The number of para-hydroxylation sites is 1. The number of piperazine rings is 1. The maximum atomic E-state index is 12.6. The second-order valence-corrected chi connectivity index (χ2v) is 6.21. The van der Waals surface area contributed by atoms with Gasteiger partial charge in [-0.3, -0.25) is 9.69 Å². The molecule has 6 nitrogen and oxygen atoms in total. The van der Waals surface area contributed by atoms with Crippen molar-refractivity contribution in [2.75, 3.05) is 45.7 Å². The number of amides is 1. The molecular weight excluding hydrogens is 330 g/mol. The van der Waals surface area contributed by atoms with E-state index < -0.39 is 0 Å². The predicted octanol–water partition coefficient (Wildman–Crippen LogP) is 2.29. The Hall–Kier alpha value is -2.57. The van der Waals surface area contributed by atoms with Gasteiger partial charge in [-0.2, -0.15) is 0 Å². The predicted molar refractivity (Wildman–Crippen MR) is 102 cm³/mol. The molecule has 1 saturated heterocycles. The molecule has 1 aliphatic rings. The van der Waals surface area contributed by atoms with E-state index >= 15 is 0 Å². The van der Waals surface area contributed by atoms with Crippen LogP contribution in [0.15, 0.2) is 48.5 Å². The van der Waals surface area contributed by atoms with Crippen LogP contribution in [-0.4, -0.2) is 51.2 Å². The maximum absolute atomic E-state index is 12.6. The van der Waals surface area contributed by atoms with Crippen LogP contribution in [0.1, 0.15) is 11.6 Å². The number of hydrogen-bond donors (Lipinski definition) is 2. The molecule has 1 amide bonds. The molecule has 138 valence electrons. The Morgan fingerprint density at radius 3 is 2.85 bits per heavy atom. The van der Waals surface area contributed by atoms with Crippen LogP contribution in [0.25, 0.3) is 0 Å². The van der Waals surface area contributed by atoms with Crippen LogP contribution in [0.4, 0.5) is 5.69 Å². The molecule has 0 saturated carbocycles. The van der Waals surface area contributed by atoms with Gasteiger partial charge in [0.25, 0.3) is 0 Å². The van der Waals surface area contributed by atoms with E-state index in [1.807, 2.05) is 42.5 Å². The second-order valence-electron chi connectivity index (χ2n) is 6.21. The van der Waals surface area contributed by atoms with Gasteiger partial charge in [0.1, 0.15) is 11.5 Å². The van der Waals surface area contributed by atoms with E-state index in [2.05, 4.69) is 21.6 Å². The highest BCUT2D eigenvalue weighted by molar-refractivity contribution is 5.92. The lowest BCUT2D eigenvalue weighted by atomic mass is 10.0. The number of methoxy groups -OCH3 is 2. The highest BCUT2D eigenvalue weighted by Gasteiger charge is 2.27. The number of carbonyl (C=O) groups is 1. The number of benzene rings is 2. The first-order valence-corrected chi connectivity index (χ1v) is 8.73. The minimum atomic E-state index is -0.0416. The van der Waals surface area contributed by atoms with Gasteiger partial charge >= 0.3 is 0 Å². The summed E-state index contributed by atoms with van der Waals surface area (Å²) >= 11 is 0. The summed E-state index contributed by atoms with van der Waals surface area (Å²) in [4.78, 5) is 14.8. The van der Waals surface area contributed by atoms with Gasteiger partial charge in [-0.15, -0.1) is 0 Å². The maximum Gasteiger partial charge on any atom is 0.238 e. The third-order valence-corrected chi connectivity index (χ3v) is 4.55. The van der Waals surface area contributed by atoms with Crippen molar-refractivity contribution < 1.29 is 14.3 Å². The summed E-state index contributed by atoms with van der Waals surface area (Å²) in [6, 6.07) is 15.4. The van der Waals surface area contributed by atoms with Gasteiger partial charge < -0.3 is 20.1 Å². The lowest BCUT2D eigenvalue weighted by Crippen LogP contribution is -2.48. The molecule has 2 N–H and O–H groups in total. The molecule has 1 fully saturated rings. The Labute approximate surface area is 154 Å². The van der Waals surface area contributed by atoms with E-state index in [9.17, 15) is 4.79 Å². The molecule has 26 heavy (non-hydrogen) atoms. The zero-order valence-corrected chi connectivity index (χ0v) is 15.2. The van der Waals surface area contributed by atoms with Gasteiger partial charge in [0.05, 0.1) is 26.8 Å². The van der Waals surface area contributed by atoms with Crippen molar-refractivity contribution in [3.63, 3.8) is 0 Å². The molecule has 2 aromatic carbocycles. The summed E-state index contributed by atoms with van der Waals surface area (Å²) in [5.41, 5.74) is 1.83. The molecule has 3 rings (SSSR count). The highest BCUT2D eigenvalue weighted by Crippen LogP contribution is 2.30. The van der Waals surface area contributed by atoms with E-state index in [0.717, 1.165) is 42.4 Å². The quantitative estimate of drug-likeness (QED) is 0.832. The molecule has 1 heterocycles. The first-order chi connectivity index (χ1) is 12.7. The molecule has 0 aliphatic carbocycles. The summed E-state index contributed by atoms with van der Waals surface area (Å²) < 4.78 is 10.7. The third kappa shape index (κ3) is 4.33. The summed E-state index contributed by atoms with van der Waals surface area (Å²) in [6.07, 6.45) is 0. The average Bonchev–Trinajstić information content (AvgIpc) is 2.68. The van der Waals surface area contributed by atoms with Gasteiger partial charge in [-0.25, -0.2) is 0 Å². The number of nitrogens with zero attached hydrogens (tertiary/aromatic N) is 1. The number of carbonyl (C=O) groups excluding carboxylic acids is 1. The molecule has 0 radical (unpaired) electrons. The lowest BCUT2D eigenvalue weighted by molar-refractivity contribution is -0.118. The van der Waals surface area contributed by atoms with Gasteiger partial charge in [0, 0.05) is 37.0 Å². The van der Waals surface area contributed by atoms with E-state index in [0.29, 0.717) is 6.54 Å². The van der Waals surface area contributed by atoms with Crippen LogP contribution in [0, 0.1) is 0 Å². The Morgan fingerprint density at radius 2 is 2.04 bits per heavy atom. The molecule has 1 atom stereocenters. The van der Waals surface area contributed by atoms with E-state index in [1.54, 1.807) is 14.2 Å². The third-order valence-electron chi connectivity index (χ3n) is 4.55. The minimum absolute atomic E-state index is 0.0416. The smallest absolute Gasteiger partial charge is 0.238 e. The lowest BCUT2D eigenvalue weighted by Gasteiger charge is -2.36. The monoisotopic (exact) mass is 355 g/mol. The van der Waals surface area contributed by atoms with Crippen molar-refractivity contribution >= 4 is 11.6 Å². The summed E-state index contributed by atoms with van der Waals surface area (Å²) in [7, 11) is 3.29. The topological polar surface area (TPSA) is 62.8 Å². The van der Waals surface area contributed by atoms with Crippen molar-refractivity contribution in [2.45, 2.75) is 6.04 Å². The molecule has 0 aromatic heterocycles. The summed E-state index contributed by atoms with van der Waals surface area (Å²) in [6.45, 7) is 2.76. The Kier molecular flexibility index (Phi) is 6.09. The van der Waals surface area contributed by atoms with Crippen molar-refractivity contribution in [2.24, 2.45) is 0 Å². The first-order valence-electron chi connectivity index (χ1n) is 8.73. The number of rotatable bonds is 6. The number of hydrogen-bond acceptors (Lipinski definition) is 5. The SMILES string of the molecule is COc1cccc(NC(=O)CN2CCNCC2c2ccccc2OC)c1. The Morgan fingerprint density at radius 1 is 1.19 bits per heavy atom. The summed E-state index contributed by atoms with van der Waals surface area (Å²) in [5.74, 6) is 1.52. The summed E-state index contributed by atoms with van der Waals surface area (Å²) in [5, 5.41) is 6.36. The zero-order chi connectivity index (χ0) is 18.4.